The third-order valence-electron chi connectivity index (χ3n) is 3.98. The Morgan fingerprint density at radius 1 is 0.957 bits per heavy atom. The number of carbonyl (C=O) groups is 1. The zero-order valence-corrected chi connectivity index (χ0v) is 13.9. The predicted molar refractivity (Wildman–Crippen MR) is 92.7 cm³/mol. The van der Waals surface area contributed by atoms with Gasteiger partial charge in [0.25, 0.3) is 0 Å². The minimum absolute atomic E-state index is 0.144. The van der Waals surface area contributed by atoms with Crippen molar-refractivity contribution in [3.05, 3.63) is 54.1 Å². The van der Waals surface area contributed by atoms with E-state index in [9.17, 15) is 4.79 Å². The second kappa shape index (κ2) is 8.22. The first-order chi connectivity index (χ1) is 11.2. The van der Waals surface area contributed by atoms with Crippen LogP contribution in [0.1, 0.15) is 17.9 Å². The molecule has 0 aliphatic rings. The largest absolute Gasteiger partial charge is 0.497 e. The van der Waals surface area contributed by atoms with Crippen LogP contribution in [0.3, 0.4) is 0 Å². The lowest BCUT2D eigenvalue weighted by Gasteiger charge is -2.25. The number of nitrogens with zero attached hydrogens (tertiary/aromatic N) is 1. The van der Waals surface area contributed by atoms with Crippen molar-refractivity contribution in [2.75, 3.05) is 32.7 Å². The van der Waals surface area contributed by atoms with Gasteiger partial charge < -0.3 is 19.2 Å². The van der Waals surface area contributed by atoms with Crippen molar-refractivity contribution in [2.24, 2.45) is 0 Å². The third kappa shape index (κ3) is 4.49. The summed E-state index contributed by atoms with van der Waals surface area (Å²) in [7, 11) is 5.33. The van der Waals surface area contributed by atoms with Crippen molar-refractivity contribution in [2.45, 2.75) is 12.3 Å². The van der Waals surface area contributed by atoms with Gasteiger partial charge in [-0.25, -0.2) is 0 Å². The molecule has 1 atom stereocenters. The molecule has 4 nitrogen and oxygen atoms in total. The number of hydrogen-bond donors (Lipinski definition) is 0. The Morgan fingerprint density at radius 2 is 1.48 bits per heavy atom. The Balaban J connectivity index is 2.11. The topological polar surface area (TPSA) is 38.8 Å². The van der Waals surface area contributed by atoms with Gasteiger partial charge in [-0.3, -0.25) is 0 Å². The predicted octanol–water partition coefficient (Wildman–Crippen LogP) is 3.51. The summed E-state index contributed by atoms with van der Waals surface area (Å²) >= 11 is 0. The Morgan fingerprint density at radius 3 is 1.96 bits per heavy atom. The first kappa shape index (κ1) is 16.9. The molecule has 0 bridgehead atoms. The number of ether oxygens (including phenoxy) is 2. The number of likely N-dealkylation sites (N-methyl/N-ethyl adjacent to an activating group) is 1. The van der Waals surface area contributed by atoms with Crippen LogP contribution in [0.25, 0.3) is 0 Å². The van der Waals surface area contributed by atoms with Crippen LogP contribution in [-0.2, 0) is 4.79 Å². The van der Waals surface area contributed by atoms with E-state index in [1.807, 2.05) is 55.6 Å². The van der Waals surface area contributed by atoms with E-state index in [0.717, 1.165) is 35.6 Å². The lowest BCUT2D eigenvalue weighted by molar-refractivity contribution is -0.108. The molecule has 0 heterocycles. The van der Waals surface area contributed by atoms with Crippen molar-refractivity contribution >= 4 is 12.0 Å². The number of rotatable bonds is 8. The summed E-state index contributed by atoms with van der Waals surface area (Å²) in [5, 5.41) is 0. The molecule has 0 saturated heterocycles. The highest BCUT2D eigenvalue weighted by Crippen LogP contribution is 2.25. The van der Waals surface area contributed by atoms with E-state index in [1.165, 1.54) is 0 Å². The monoisotopic (exact) mass is 313 g/mol. The molecule has 23 heavy (non-hydrogen) atoms. The van der Waals surface area contributed by atoms with Gasteiger partial charge in [0.15, 0.2) is 0 Å². The standard InChI is InChI=1S/C19H23NO3/c1-20(17-6-10-19(23-3)11-7-17)14-16(12-13-21)15-4-8-18(22-2)9-5-15/h4-11,13,16H,12,14H2,1-3H3. The molecule has 1 unspecified atom stereocenters. The fourth-order valence-electron chi connectivity index (χ4n) is 2.58. The highest BCUT2D eigenvalue weighted by Gasteiger charge is 2.14. The summed E-state index contributed by atoms with van der Waals surface area (Å²) in [6.07, 6.45) is 1.48. The van der Waals surface area contributed by atoms with Crippen molar-refractivity contribution in [3.8, 4) is 11.5 Å². The van der Waals surface area contributed by atoms with Crippen molar-refractivity contribution in [1.82, 2.24) is 0 Å². The second-order valence-corrected chi connectivity index (χ2v) is 5.45. The first-order valence-electron chi connectivity index (χ1n) is 7.60. The second-order valence-electron chi connectivity index (χ2n) is 5.45. The third-order valence-corrected chi connectivity index (χ3v) is 3.98. The minimum Gasteiger partial charge on any atom is -0.497 e. The maximum Gasteiger partial charge on any atom is 0.120 e. The van der Waals surface area contributed by atoms with Crippen LogP contribution >= 0.6 is 0 Å². The van der Waals surface area contributed by atoms with Gasteiger partial charge in [-0.1, -0.05) is 12.1 Å². The minimum atomic E-state index is 0.144. The SMILES string of the molecule is COc1ccc(C(CC=O)CN(C)c2ccc(OC)cc2)cc1. The average molecular weight is 313 g/mol. The number of benzene rings is 2. The van der Waals surface area contributed by atoms with Gasteiger partial charge in [0.05, 0.1) is 14.2 Å². The fourth-order valence-corrected chi connectivity index (χ4v) is 2.58. The maximum absolute atomic E-state index is 11.1. The quantitative estimate of drug-likeness (QED) is 0.699. The van der Waals surface area contributed by atoms with E-state index in [-0.39, 0.29) is 5.92 Å². The molecule has 0 aliphatic heterocycles. The summed E-state index contributed by atoms with van der Waals surface area (Å²) in [6.45, 7) is 0.761. The Bertz CT molecular complexity index is 608. The van der Waals surface area contributed by atoms with E-state index >= 15 is 0 Å². The molecular formula is C19H23NO3. The number of anilines is 1. The van der Waals surface area contributed by atoms with Crippen LogP contribution < -0.4 is 14.4 Å². The summed E-state index contributed by atoms with van der Waals surface area (Å²) in [4.78, 5) is 13.2. The molecule has 0 fully saturated rings. The Labute approximate surface area is 137 Å². The molecule has 0 aliphatic carbocycles. The number of aldehydes is 1. The zero-order valence-electron chi connectivity index (χ0n) is 13.9. The van der Waals surface area contributed by atoms with E-state index in [2.05, 4.69) is 4.90 Å². The van der Waals surface area contributed by atoms with Gasteiger partial charge in [0.2, 0.25) is 0 Å². The van der Waals surface area contributed by atoms with Gasteiger partial charge in [-0.15, -0.1) is 0 Å². The van der Waals surface area contributed by atoms with E-state index in [1.54, 1.807) is 14.2 Å². The highest BCUT2D eigenvalue weighted by molar-refractivity contribution is 5.53. The zero-order chi connectivity index (χ0) is 16.7. The molecule has 0 spiro atoms. The van der Waals surface area contributed by atoms with Crippen LogP contribution in [-0.4, -0.2) is 34.1 Å². The van der Waals surface area contributed by atoms with Crippen molar-refractivity contribution in [3.63, 3.8) is 0 Å². The molecule has 122 valence electrons. The maximum atomic E-state index is 11.1. The lowest BCUT2D eigenvalue weighted by atomic mass is 9.95. The van der Waals surface area contributed by atoms with E-state index in [0.29, 0.717) is 6.42 Å². The average Bonchev–Trinajstić information content (AvgIpc) is 2.61. The molecule has 0 aromatic heterocycles. The van der Waals surface area contributed by atoms with Crippen LogP contribution in [0.5, 0.6) is 11.5 Å². The van der Waals surface area contributed by atoms with Crippen molar-refractivity contribution < 1.29 is 14.3 Å². The Hall–Kier alpha value is -2.49. The number of carbonyl (C=O) groups excluding carboxylic acids is 1. The van der Waals surface area contributed by atoms with E-state index in [4.69, 9.17) is 9.47 Å². The highest BCUT2D eigenvalue weighted by atomic mass is 16.5. The summed E-state index contributed by atoms with van der Waals surface area (Å²) in [5.74, 6) is 1.80. The molecular weight excluding hydrogens is 290 g/mol. The number of hydrogen-bond acceptors (Lipinski definition) is 4. The summed E-state index contributed by atoms with van der Waals surface area (Å²) in [5.41, 5.74) is 2.23. The van der Waals surface area contributed by atoms with Crippen LogP contribution in [0.2, 0.25) is 0 Å². The van der Waals surface area contributed by atoms with Gasteiger partial charge in [-0.2, -0.15) is 0 Å². The lowest BCUT2D eigenvalue weighted by Crippen LogP contribution is -2.24. The smallest absolute Gasteiger partial charge is 0.120 e. The fraction of sp³-hybridized carbons (Fsp3) is 0.316. The van der Waals surface area contributed by atoms with Gasteiger partial charge >= 0.3 is 0 Å². The molecule has 0 amide bonds. The normalized spacial score (nSPS) is 11.6. The molecule has 0 saturated carbocycles. The van der Waals surface area contributed by atoms with E-state index < -0.39 is 0 Å². The number of methoxy groups -OCH3 is 2. The molecule has 2 aromatic carbocycles. The Kier molecular flexibility index (Phi) is 6.03. The summed E-state index contributed by atoms with van der Waals surface area (Å²) in [6, 6.07) is 15.8. The van der Waals surface area contributed by atoms with Gasteiger partial charge in [0.1, 0.15) is 17.8 Å². The molecule has 4 heteroatoms. The molecule has 2 aromatic rings. The van der Waals surface area contributed by atoms with Crippen LogP contribution in [0.4, 0.5) is 5.69 Å². The van der Waals surface area contributed by atoms with Crippen LogP contribution in [0.15, 0.2) is 48.5 Å². The van der Waals surface area contributed by atoms with Crippen molar-refractivity contribution in [1.29, 1.82) is 0 Å². The first-order valence-corrected chi connectivity index (χ1v) is 7.60. The van der Waals surface area contributed by atoms with Gasteiger partial charge in [0, 0.05) is 31.6 Å². The summed E-state index contributed by atoms with van der Waals surface area (Å²) < 4.78 is 10.4. The molecule has 0 N–H and O–H groups in total. The molecule has 0 radical (unpaired) electrons. The molecule has 2 rings (SSSR count). The van der Waals surface area contributed by atoms with Crippen LogP contribution in [0, 0.1) is 0 Å². The van der Waals surface area contributed by atoms with Gasteiger partial charge in [-0.05, 0) is 42.0 Å².